The molecule has 0 unspecified atom stereocenters. The van der Waals surface area contributed by atoms with Gasteiger partial charge in [-0.1, -0.05) is 30.3 Å². The molecular formula is C8H12NOW-. The fourth-order valence-corrected chi connectivity index (χ4v) is 0.577. The second-order valence-electron chi connectivity index (χ2n) is 1.56. The van der Waals surface area contributed by atoms with Crippen LogP contribution in [0.15, 0.2) is 30.3 Å². The number of nitrogens with zero attached hydrogens (tertiary/aromatic N) is 1. The Morgan fingerprint density at radius 1 is 1.09 bits per heavy atom. The standard InChI is InChI=1S/C7H8N.CH4O.W/c1-8-7-5-3-2-4-6-7;1-2;/h2-6H,1H3;2H,1H3;/q-1;;. The molecule has 0 radical (unpaired) electrons. The zero-order chi connectivity index (χ0) is 7.82. The van der Waals surface area contributed by atoms with E-state index in [0.717, 1.165) is 12.8 Å². The maximum Gasteiger partial charge on any atom is 0.0319 e. The number of benzene rings is 1. The molecule has 1 aromatic carbocycles. The Bertz CT molecular complexity index is 155. The van der Waals surface area contributed by atoms with Crippen molar-refractivity contribution in [3.63, 3.8) is 0 Å². The number of hydrogen-bond acceptors (Lipinski definition) is 1. The molecule has 0 bridgehead atoms. The van der Waals surface area contributed by atoms with Gasteiger partial charge in [0.05, 0.1) is 0 Å². The van der Waals surface area contributed by atoms with Gasteiger partial charge in [0.25, 0.3) is 0 Å². The van der Waals surface area contributed by atoms with Crippen LogP contribution < -0.4 is 0 Å². The normalized spacial score (nSPS) is 6.82. The van der Waals surface area contributed by atoms with Crippen LogP contribution in [0.5, 0.6) is 0 Å². The summed E-state index contributed by atoms with van der Waals surface area (Å²) in [6.07, 6.45) is 0. The van der Waals surface area contributed by atoms with Crippen LogP contribution in [0.1, 0.15) is 0 Å². The van der Waals surface area contributed by atoms with Gasteiger partial charge in [0.15, 0.2) is 0 Å². The fraction of sp³-hybridized carbons (Fsp3) is 0.250. The van der Waals surface area contributed by atoms with Crippen LogP contribution in [0.2, 0.25) is 0 Å². The van der Waals surface area contributed by atoms with Gasteiger partial charge in [-0.05, 0) is 0 Å². The molecule has 0 fully saturated rings. The zero-order valence-corrected chi connectivity index (χ0v) is 9.62. The van der Waals surface area contributed by atoms with E-state index in [1.54, 1.807) is 7.05 Å². The third kappa shape index (κ3) is 6.08. The van der Waals surface area contributed by atoms with Crippen molar-refractivity contribution in [3.05, 3.63) is 35.6 Å². The smallest absolute Gasteiger partial charge is 0.0319 e. The summed E-state index contributed by atoms with van der Waals surface area (Å²) < 4.78 is 0. The van der Waals surface area contributed by atoms with Gasteiger partial charge in [0, 0.05) is 28.2 Å². The monoisotopic (exact) mass is 322 g/mol. The molecular weight excluding hydrogens is 310 g/mol. The van der Waals surface area contributed by atoms with Gasteiger partial charge in [0.2, 0.25) is 0 Å². The molecule has 0 aliphatic rings. The van der Waals surface area contributed by atoms with Crippen LogP contribution in [-0.4, -0.2) is 19.3 Å². The predicted octanol–water partition coefficient (Wildman–Crippen LogP) is 1.93. The molecule has 0 spiro atoms. The van der Waals surface area contributed by atoms with E-state index in [4.69, 9.17) is 5.11 Å². The van der Waals surface area contributed by atoms with Crippen molar-refractivity contribution in [2.75, 3.05) is 14.2 Å². The van der Waals surface area contributed by atoms with Crippen LogP contribution in [-0.2, 0) is 21.1 Å². The molecule has 0 saturated carbocycles. The Labute approximate surface area is 81.9 Å². The van der Waals surface area contributed by atoms with Crippen molar-refractivity contribution >= 4 is 5.69 Å². The van der Waals surface area contributed by atoms with Gasteiger partial charge in [-0.2, -0.15) is 0 Å². The summed E-state index contributed by atoms with van der Waals surface area (Å²) in [6, 6.07) is 9.87. The maximum atomic E-state index is 7.00. The Morgan fingerprint density at radius 2 is 1.55 bits per heavy atom. The Morgan fingerprint density at radius 3 is 1.82 bits per heavy atom. The quantitative estimate of drug-likeness (QED) is 0.842. The van der Waals surface area contributed by atoms with E-state index >= 15 is 0 Å². The van der Waals surface area contributed by atoms with Crippen LogP contribution in [0.4, 0.5) is 5.69 Å². The van der Waals surface area contributed by atoms with Crippen molar-refractivity contribution in [2.24, 2.45) is 0 Å². The molecule has 2 nitrogen and oxygen atoms in total. The molecule has 1 rings (SSSR count). The zero-order valence-electron chi connectivity index (χ0n) is 6.69. The molecule has 0 atom stereocenters. The number of rotatable bonds is 1. The Kier molecular flexibility index (Phi) is 11.7. The van der Waals surface area contributed by atoms with Gasteiger partial charge in [-0.25, -0.2) is 0 Å². The Hall–Kier alpha value is -0.332. The Balaban J connectivity index is 0. The number of aliphatic hydroxyl groups excluding tert-OH is 1. The van der Waals surface area contributed by atoms with Crippen molar-refractivity contribution in [1.82, 2.24) is 0 Å². The van der Waals surface area contributed by atoms with E-state index < -0.39 is 0 Å². The summed E-state index contributed by atoms with van der Waals surface area (Å²) in [5.74, 6) is 0. The molecule has 62 valence electrons. The van der Waals surface area contributed by atoms with E-state index in [1.165, 1.54) is 0 Å². The van der Waals surface area contributed by atoms with E-state index in [2.05, 4.69) is 5.32 Å². The summed E-state index contributed by atoms with van der Waals surface area (Å²) >= 11 is 0. The first kappa shape index (κ1) is 13.3. The second-order valence-corrected chi connectivity index (χ2v) is 1.56. The molecule has 1 aromatic rings. The van der Waals surface area contributed by atoms with Crippen LogP contribution >= 0.6 is 0 Å². The molecule has 0 saturated heterocycles. The van der Waals surface area contributed by atoms with Crippen molar-refractivity contribution in [1.29, 1.82) is 0 Å². The minimum atomic E-state index is 0. The molecule has 1 N–H and O–H groups in total. The topological polar surface area (TPSA) is 34.3 Å². The first-order valence-electron chi connectivity index (χ1n) is 3.03. The van der Waals surface area contributed by atoms with Crippen LogP contribution in [0, 0.1) is 0 Å². The average molecular weight is 322 g/mol. The van der Waals surface area contributed by atoms with E-state index in [-0.39, 0.29) is 21.1 Å². The second kappa shape index (κ2) is 9.67. The van der Waals surface area contributed by atoms with E-state index in [1.807, 2.05) is 30.3 Å². The average Bonchev–Trinajstić information content (AvgIpc) is 2.10. The minimum Gasteiger partial charge on any atom is -0.687 e. The summed E-state index contributed by atoms with van der Waals surface area (Å²) in [5, 5.41) is 11.0. The largest absolute Gasteiger partial charge is 0.687 e. The van der Waals surface area contributed by atoms with E-state index in [0.29, 0.717) is 0 Å². The maximum absolute atomic E-state index is 7.00. The molecule has 0 aromatic heterocycles. The van der Waals surface area contributed by atoms with Crippen LogP contribution in [0.25, 0.3) is 5.32 Å². The molecule has 0 amide bonds. The summed E-state index contributed by atoms with van der Waals surface area (Å²) in [5.41, 5.74) is 1.03. The number of para-hydroxylation sites is 1. The molecule has 11 heavy (non-hydrogen) atoms. The van der Waals surface area contributed by atoms with Crippen molar-refractivity contribution in [2.45, 2.75) is 0 Å². The first-order chi connectivity index (χ1) is 4.93. The number of aliphatic hydroxyl groups is 1. The summed E-state index contributed by atoms with van der Waals surface area (Å²) in [6.45, 7) is 0. The first-order valence-corrected chi connectivity index (χ1v) is 3.03. The molecule has 3 heteroatoms. The van der Waals surface area contributed by atoms with Gasteiger partial charge < -0.3 is 10.4 Å². The molecule has 0 aliphatic heterocycles. The van der Waals surface area contributed by atoms with Crippen molar-refractivity contribution < 1.29 is 26.2 Å². The predicted molar refractivity (Wildman–Crippen MR) is 43.5 cm³/mol. The van der Waals surface area contributed by atoms with Gasteiger partial charge in [0.1, 0.15) is 0 Å². The minimum absolute atomic E-state index is 0. The molecule has 0 heterocycles. The summed E-state index contributed by atoms with van der Waals surface area (Å²) in [7, 11) is 2.79. The number of hydrogen-bond donors (Lipinski definition) is 1. The van der Waals surface area contributed by atoms with Gasteiger partial charge in [-0.3, -0.25) is 0 Å². The van der Waals surface area contributed by atoms with Gasteiger partial charge >= 0.3 is 0 Å². The van der Waals surface area contributed by atoms with Crippen molar-refractivity contribution in [3.8, 4) is 0 Å². The molecule has 0 aliphatic carbocycles. The fourth-order valence-electron chi connectivity index (χ4n) is 0.577. The third-order valence-corrected chi connectivity index (χ3v) is 1.01. The van der Waals surface area contributed by atoms with Gasteiger partial charge in [-0.15, -0.1) is 12.7 Å². The third-order valence-electron chi connectivity index (χ3n) is 1.01. The SMILES string of the molecule is CO.C[N-]c1ccccc1.[W]. The summed E-state index contributed by atoms with van der Waals surface area (Å²) in [4.78, 5) is 0. The van der Waals surface area contributed by atoms with E-state index in [9.17, 15) is 0 Å². The van der Waals surface area contributed by atoms with Crippen LogP contribution in [0.3, 0.4) is 0 Å².